The highest BCUT2D eigenvalue weighted by atomic mass is 127. The minimum absolute atomic E-state index is 0.283. The third kappa shape index (κ3) is 7.73. The minimum Gasteiger partial charge on any atom is -0.368 e. The lowest BCUT2D eigenvalue weighted by molar-refractivity contribution is 0.0763. The molecule has 0 rings (SSSR count). The van der Waals surface area contributed by atoms with Crippen molar-refractivity contribution in [3.63, 3.8) is 0 Å². The van der Waals surface area contributed by atoms with E-state index in [0.717, 1.165) is 19.6 Å². The van der Waals surface area contributed by atoms with Crippen molar-refractivity contribution in [3.05, 3.63) is 0 Å². The first-order valence-electron chi connectivity index (χ1n) is 3.72. The van der Waals surface area contributed by atoms with E-state index < -0.39 is 0 Å². The molecule has 0 aliphatic heterocycles. The number of ether oxygens (including phenoxy) is 2. The van der Waals surface area contributed by atoms with Crippen molar-refractivity contribution in [2.24, 2.45) is 0 Å². The average Bonchev–Trinajstić information content (AvgIpc) is 1.87. The molecule has 2 nitrogen and oxygen atoms in total. The van der Waals surface area contributed by atoms with E-state index in [4.69, 9.17) is 9.47 Å². The molecule has 0 bridgehead atoms. The molecule has 2 atom stereocenters. The molecule has 0 heterocycles. The summed E-state index contributed by atoms with van der Waals surface area (Å²) in [4.78, 5) is 0. The van der Waals surface area contributed by atoms with Gasteiger partial charge in [-0.15, -0.1) is 0 Å². The van der Waals surface area contributed by atoms with Crippen molar-refractivity contribution >= 4 is 45.2 Å². The number of halogens is 2. The van der Waals surface area contributed by atoms with Crippen molar-refractivity contribution in [1.82, 2.24) is 0 Å². The summed E-state index contributed by atoms with van der Waals surface area (Å²) in [6.07, 6.45) is 0.961. The smallest absolute Gasteiger partial charge is 0.112 e. The standard InChI is InChI=1S/C7H14I2O2/c1-3-10-6(8)5-7(9)11-4-2/h6-7H,3-5H2,1-2H3. The van der Waals surface area contributed by atoms with E-state index in [1.165, 1.54) is 0 Å². The zero-order chi connectivity index (χ0) is 8.69. The number of alkyl halides is 2. The van der Waals surface area contributed by atoms with Crippen LogP contribution in [0.1, 0.15) is 20.3 Å². The van der Waals surface area contributed by atoms with Crippen LogP contribution in [0.4, 0.5) is 0 Å². The van der Waals surface area contributed by atoms with Crippen LogP contribution in [-0.2, 0) is 9.47 Å². The molecule has 0 fully saturated rings. The molecule has 2 unspecified atom stereocenters. The highest BCUT2D eigenvalue weighted by Crippen LogP contribution is 2.17. The van der Waals surface area contributed by atoms with E-state index in [9.17, 15) is 0 Å². The Labute approximate surface area is 95.7 Å². The zero-order valence-electron chi connectivity index (χ0n) is 6.85. The molecule has 0 aliphatic carbocycles. The molecule has 11 heavy (non-hydrogen) atoms. The summed E-state index contributed by atoms with van der Waals surface area (Å²) < 4.78 is 11.3. The van der Waals surface area contributed by atoms with Gasteiger partial charge in [-0.2, -0.15) is 0 Å². The molecule has 0 aromatic carbocycles. The number of hydrogen-bond acceptors (Lipinski definition) is 2. The van der Waals surface area contributed by atoms with Gasteiger partial charge in [-0.25, -0.2) is 0 Å². The zero-order valence-corrected chi connectivity index (χ0v) is 11.2. The second kappa shape index (κ2) is 8.00. The van der Waals surface area contributed by atoms with E-state index in [2.05, 4.69) is 45.2 Å². The van der Waals surface area contributed by atoms with E-state index in [-0.39, 0.29) is 8.22 Å². The second-order valence-corrected chi connectivity index (χ2v) is 4.75. The van der Waals surface area contributed by atoms with Crippen LogP contribution in [0, 0.1) is 0 Å². The summed E-state index contributed by atoms with van der Waals surface area (Å²) in [5, 5.41) is 0. The Balaban J connectivity index is 3.32. The predicted molar refractivity (Wildman–Crippen MR) is 63.5 cm³/mol. The van der Waals surface area contributed by atoms with Gasteiger partial charge in [-0.05, 0) is 13.8 Å². The normalized spacial score (nSPS) is 16.4. The molecular formula is C7H14I2O2. The van der Waals surface area contributed by atoms with Gasteiger partial charge in [0.15, 0.2) is 0 Å². The van der Waals surface area contributed by atoms with Gasteiger partial charge in [0.1, 0.15) is 8.22 Å². The highest BCUT2D eigenvalue weighted by Gasteiger charge is 2.10. The second-order valence-electron chi connectivity index (χ2n) is 1.97. The summed E-state index contributed by atoms with van der Waals surface area (Å²) in [5.74, 6) is 0. The maximum Gasteiger partial charge on any atom is 0.112 e. The Morgan fingerprint density at radius 2 is 1.36 bits per heavy atom. The van der Waals surface area contributed by atoms with Gasteiger partial charge in [0, 0.05) is 19.6 Å². The summed E-state index contributed by atoms with van der Waals surface area (Å²) >= 11 is 4.58. The van der Waals surface area contributed by atoms with Gasteiger partial charge in [-0.1, -0.05) is 45.2 Å². The average molecular weight is 384 g/mol. The van der Waals surface area contributed by atoms with Crippen LogP contribution in [0.3, 0.4) is 0 Å². The molecule has 0 N–H and O–H groups in total. The van der Waals surface area contributed by atoms with Crippen molar-refractivity contribution in [3.8, 4) is 0 Å². The third-order valence-corrected chi connectivity index (χ3v) is 2.80. The topological polar surface area (TPSA) is 18.5 Å². The molecule has 0 saturated heterocycles. The Kier molecular flexibility index (Phi) is 9.00. The lowest BCUT2D eigenvalue weighted by Crippen LogP contribution is -2.13. The minimum atomic E-state index is 0.283. The van der Waals surface area contributed by atoms with Gasteiger partial charge in [-0.3, -0.25) is 0 Å². The van der Waals surface area contributed by atoms with Gasteiger partial charge in [0.05, 0.1) is 0 Å². The molecule has 0 radical (unpaired) electrons. The first kappa shape index (κ1) is 12.4. The molecule has 68 valence electrons. The highest BCUT2D eigenvalue weighted by molar-refractivity contribution is 14.1. The summed E-state index contributed by atoms with van der Waals surface area (Å²) in [5.41, 5.74) is 0. The largest absolute Gasteiger partial charge is 0.368 e. The SMILES string of the molecule is CCOC(I)CC(I)OCC. The first-order valence-corrected chi connectivity index (χ1v) is 6.21. The van der Waals surface area contributed by atoms with E-state index in [0.29, 0.717) is 0 Å². The molecule has 0 amide bonds. The molecule has 0 spiro atoms. The van der Waals surface area contributed by atoms with Crippen LogP contribution in [0.5, 0.6) is 0 Å². The fourth-order valence-corrected chi connectivity index (χ4v) is 3.26. The van der Waals surface area contributed by atoms with Crippen molar-refractivity contribution in [2.45, 2.75) is 28.5 Å². The molecule has 0 aromatic rings. The number of rotatable bonds is 6. The van der Waals surface area contributed by atoms with Crippen molar-refractivity contribution < 1.29 is 9.47 Å². The quantitative estimate of drug-likeness (QED) is 0.518. The van der Waals surface area contributed by atoms with Crippen LogP contribution in [-0.4, -0.2) is 21.4 Å². The Bertz CT molecular complexity index is 80.5. The summed E-state index contributed by atoms with van der Waals surface area (Å²) in [6, 6.07) is 0. The van der Waals surface area contributed by atoms with E-state index >= 15 is 0 Å². The van der Waals surface area contributed by atoms with Crippen LogP contribution >= 0.6 is 45.2 Å². The van der Waals surface area contributed by atoms with Crippen molar-refractivity contribution in [2.75, 3.05) is 13.2 Å². The van der Waals surface area contributed by atoms with Crippen LogP contribution in [0.15, 0.2) is 0 Å². The lowest BCUT2D eigenvalue weighted by Gasteiger charge is -2.14. The van der Waals surface area contributed by atoms with Gasteiger partial charge in [0.2, 0.25) is 0 Å². The molecule has 4 heteroatoms. The Morgan fingerprint density at radius 1 is 1.00 bits per heavy atom. The fourth-order valence-electron chi connectivity index (χ4n) is 0.643. The Morgan fingerprint density at radius 3 is 1.64 bits per heavy atom. The number of hydrogen-bond donors (Lipinski definition) is 0. The maximum atomic E-state index is 5.36. The lowest BCUT2D eigenvalue weighted by atomic mass is 10.5. The van der Waals surface area contributed by atoms with Crippen LogP contribution < -0.4 is 0 Å². The van der Waals surface area contributed by atoms with E-state index in [1.54, 1.807) is 0 Å². The van der Waals surface area contributed by atoms with Gasteiger partial charge < -0.3 is 9.47 Å². The van der Waals surface area contributed by atoms with Crippen LogP contribution in [0.25, 0.3) is 0 Å². The molecule has 0 aliphatic rings. The molecular weight excluding hydrogens is 370 g/mol. The summed E-state index contributed by atoms with van der Waals surface area (Å²) in [7, 11) is 0. The van der Waals surface area contributed by atoms with E-state index in [1.807, 2.05) is 13.8 Å². The fraction of sp³-hybridized carbons (Fsp3) is 1.00. The first-order chi connectivity index (χ1) is 5.20. The predicted octanol–water partition coefficient (Wildman–Crippen LogP) is 2.97. The summed E-state index contributed by atoms with van der Waals surface area (Å²) in [6.45, 7) is 5.58. The third-order valence-electron chi connectivity index (χ3n) is 1.07. The van der Waals surface area contributed by atoms with Crippen molar-refractivity contribution in [1.29, 1.82) is 0 Å². The molecule has 0 saturated carbocycles. The Hall–Kier alpha value is 1.38. The molecule has 0 aromatic heterocycles. The van der Waals surface area contributed by atoms with Gasteiger partial charge in [0.25, 0.3) is 0 Å². The van der Waals surface area contributed by atoms with Gasteiger partial charge >= 0.3 is 0 Å². The van der Waals surface area contributed by atoms with Crippen LogP contribution in [0.2, 0.25) is 0 Å². The maximum absolute atomic E-state index is 5.36. The monoisotopic (exact) mass is 384 g/mol.